The summed E-state index contributed by atoms with van der Waals surface area (Å²) in [7, 11) is 0. The Morgan fingerprint density at radius 2 is 1.50 bits per heavy atom. The van der Waals surface area contributed by atoms with Gasteiger partial charge in [-0.15, -0.1) is 0 Å². The standard InChI is InChI=1S/C22H21NO/c1-22(2,3)17-13-11-16(12-14-17)21(24)19-9-5-4-8-18(19)20-10-6-7-15-23-20/h4-15H,1-3H3. The molecule has 0 amide bonds. The molecule has 0 aliphatic heterocycles. The average molecular weight is 315 g/mol. The maximum atomic E-state index is 13.0. The van der Waals surface area contributed by atoms with Crippen molar-refractivity contribution in [3.05, 3.63) is 89.6 Å². The minimum absolute atomic E-state index is 0.0247. The topological polar surface area (TPSA) is 30.0 Å². The van der Waals surface area contributed by atoms with Crippen LogP contribution < -0.4 is 0 Å². The second-order valence-corrected chi connectivity index (χ2v) is 6.92. The number of ketones is 1. The molecule has 2 aromatic carbocycles. The van der Waals surface area contributed by atoms with Gasteiger partial charge in [-0.3, -0.25) is 9.78 Å². The lowest BCUT2D eigenvalue weighted by Gasteiger charge is -2.19. The van der Waals surface area contributed by atoms with Crippen LogP contribution in [-0.4, -0.2) is 10.8 Å². The van der Waals surface area contributed by atoms with Gasteiger partial charge in [0.1, 0.15) is 0 Å². The summed E-state index contributed by atoms with van der Waals surface area (Å²) in [6.07, 6.45) is 1.74. The molecule has 0 N–H and O–H groups in total. The molecule has 1 heterocycles. The fourth-order valence-corrected chi connectivity index (χ4v) is 2.70. The highest BCUT2D eigenvalue weighted by atomic mass is 16.1. The number of carbonyl (C=O) groups is 1. The third-order valence-electron chi connectivity index (χ3n) is 4.13. The van der Waals surface area contributed by atoms with Crippen molar-refractivity contribution in [2.24, 2.45) is 0 Å². The predicted octanol–water partition coefficient (Wildman–Crippen LogP) is 5.28. The molecule has 0 fully saturated rings. The third kappa shape index (κ3) is 3.28. The molecule has 24 heavy (non-hydrogen) atoms. The largest absolute Gasteiger partial charge is 0.289 e. The summed E-state index contributed by atoms with van der Waals surface area (Å²) in [5, 5.41) is 0. The van der Waals surface area contributed by atoms with Gasteiger partial charge in [0.2, 0.25) is 0 Å². The molecule has 0 saturated heterocycles. The van der Waals surface area contributed by atoms with Crippen molar-refractivity contribution >= 4 is 5.78 Å². The van der Waals surface area contributed by atoms with Crippen LogP contribution in [0.15, 0.2) is 72.9 Å². The summed E-state index contributed by atoms with van der Waals surface area (Å²) in [5.74, 6) is 0.0247. The van der Waals surface area contributed by atoms with Crippen LogP contribution in [-0.2, 0) is 5.41 Å². The van der Waals surface area contributed by atoms with Gasteiger partial charge in [-0.2, -0.15) is 0 Å². The normalized spacial score (nSPS) is 11.3. The number of benzene rings is 2. The molecule has 0 aliphatic carbocycles. The molecule has 0 saturated carbocycles. The zero-order chi connectivity index (χ0) is 17.2. The Labute approximate surface area is 143 Å². The van der Waals surface area contributed by atoms with E-state index < -0.39 is 0 Å². The van der Waals surface area contributed by atoms with E-state index in [0.29, 0.717) is 11.1 Å². The van der Waals surface area contributed by atoms with Crippen LogP contribution in [0.1, 0.15) is 42.3 Å². The van der Waals surface area contributed by atoms with Crippen molar-refractivity contribution in [3.8, 4) is 11.3 Å². The molecule has 0 unspecified atom stereocenters. The summed E-state index contributed by atoms with van der Waals surface area (Å²) in [6, 6.07) is 21.3. The first kappa shape index (κ1) is 16.1. The fourth-order valence-electron chi connectivity index (χ4n) is 2.70. The van der Waals surface area contributed by atoms with Crippen molar-refractivity contribution in [2.75, 3.05) is 0 Å². The van der Waals surface area contributed by atoms with Gasteiger partial charge in [-0.25, -0.2) is 0 Å². The van der Waals surface area contributed by atoms with E-state index in [1.807, 2.05) is 66.7 Å². The molecule has 1 aromatic heterocycles. The number of nitrogens with zero attached hydrogens (tertiary/aromatic N) is 1. The lowest BCUT2D eigenvalue weighted by Crippen LogP contribution is -2.11. The lowest BCUT2D eigenvalue weighted by atomic mass is 9.86. The SMILES string of the molecule is CC(C)(C)c1ccc(C(=O)c2ccccc2-c2ccccn2)cc1. The molecule has 0 spiro atoms. The second-order valence-electron chi connectivity index (χ2n) is 6.92. The smallest absolute Gasteiger partial charge is 0.193 e. The zero-order valence-corrected chi connectivity index (χ0v) is 14.3. The number of rotatable bonds is 3. The molecule has 0 atom stereocenters. The van der Waals surface area contributed by atoms with Gasteiger partial charge in [-0.05, 0) is 23.1 Å². The van der Waals surface area contributed by atoms with Crippen molar-refractivity contribution in [1.82, 2.24) is 4.98 Å². The molecule has 0 aliphatic rings. The summed E-state index contributed by atoms with van der Waals surface area (Å²) in [6.45, 7) is 6.50. The number of pyridine rings is 1. The van der Waals surface area contributed by atoms with E-state index in [0.717, 1.165) is 11.3 Å². The van der Waals surface area contributed by atoms with Crippen molar-refractivity contribution < 1.29 is 4.79 Å². The summed E-state index contributed by atoms with van der Waals surface area (Å²) < 4.78 is 0. The van der Waals surface area contributed by atoms with Crippen LogP contribution >= 0.6 is 0 Å². The molecular formula is C22H21NO. The highest BCUT2D eigenvalue weighted by molar-refractivity contribution is 6.12. The molecule has 3 aromatic rings. The molecule has 0 bridgehead atoms. The van der Waals surface area contributed by atoms with Crippen molar-refractivity contribution in [3.63, 3.8) is 0 Å². The Morgan fingerprint density at radius 1 is 0.833 bits per heavy atom. The van der Waals surface area contributed by atoms with Gasteiger partial charge in [0.15, 0.2) is 5.78 Å². The summed E-state index contributed by atoms with van der Waals surface area (Å²) >= 11 is 0. The molecule has 2 heteroatoms. The third-order valence-corrected chi connectivity index (χ3v) is 4.13. The monoisotopic (exact) mass is 315 g/mol. The molecule has 0 radical (unpaired) electrons. The maximum Gasteiger partial charge on any atom is 0.193 e. The maximum absolute atomic E-state index is 13.0. The Balaban J connectivity index is 2.00. The van der Waals surface area contributed by atoms with Gasteiger partial charge in [0, 0.05) is 22.9 Å². The van der Waals surface area contributed by atoms with Gasteiger partial charge in [0.25, 0.3) is 0 Å². The summed E-state index contributed by atoms with van der Waals surface area (Å²) in [4.78, 5) is 17.4. The van der Waals surface area contributed by atoms with Gasteiger partial charge >= 0.3 is 0 Å². The lowest BCUT2D eigenvalue weighted by molar-refractivity contribution is 0.103. The number of hydrogen-bond donors (Lipinski definition) is 0. The van der Waals surface area contributed by atoms with E-state index in [2.05, 4.69) is 25.8 Å². The second kappa shape index (κ2) is 6.40. The molecular weight excluding hydrogens is 294 g/mol. The van der Waals surface area contributed by atoms with E-state index in [1.54, 1.807) is 6.20 Å². The number of carbonyl (C=O) groups excluding carboxylic acids is 1. The first-order chi connectivity index (χ1) is 11.5. The quantitative estimate of drug-likeness (QED) is 0.616. The van der Waals surface area contributed by atoms with Crippen LogP contribution in [0.25, 0.3) is 11.3 Å². The van der Waals surface area contributed by atoms with Crippen LogP contribution in [0.3, 0.4) is 0 Å². The Kier molecular flexibility index (Phi) is 4.30. The number of hydrogen-bond acceptors (Lipinski definition) is 2. The first-order valence-electron chi connectivity index (χ1n) is 8.12. The highest BCUT2D eigenvalue weighted by Crippen LogP contribution is 2.26. The van der Waals surface area contributed by atoms with Crippen molar-refractivity contribution in [2.45, 2.75) is 26.2 Å². The van der Waals surface area contributed by atoms with Crippen molar-refractivity contribution in [1.29, 1.82) is 0 Å². The van der Waals surface area contributed by atoms with E-state index in [1.165, 1.54) is 5.56 Å². The molecule has 2 nitrogen and oxygen atoms in total. The van der Waals surface area contributed by atoms with Crippen LogP contribution in [0.2, 0.25) is 0 Å². The Bertz CT molecular complexity index is 843. The van der Waals surface area contributed by atoms with Crippen LogP contribution in [0.4, 0.5) is 0 Å². The predicted molar refractivity (Wildman–Crippen MR) is 98.2 cm³/mol. The van der Waals surface area contributed by atoms with E-state index >= 15 is 0 Å². The molecule has 120 valence electrons. The van der Waals surface area contributed by atoms with Gasteiger partial charge in [0.05, 0.1) is 5.69 Å². The van der Waals surface area contributed by atoms with E-state index in [-0.39, 0.29) is 11.2 Å². The van der Waals surface area contributed by atoms with E-state index in [9.17, 15) is 4.79 Å². The molecule has 3 rings (SSSR count). The van der Waals surface area contributed by atoms with Gasteiger partial charge < -0.3 is 0 Å². The van der Waals surface area contributed by atoms with E-state index in [4.69, 9.17) is 0 Å². The Morgan fingerprint density at radius 3 is 2.12 bits per heavy atom. The first-order valence-corrected chi connectivity index (χ1v) is 8.12. The Hall–Kier alpha value is -2.74. The van der Waals surface area contributed by atoms with Crippen LogP contribution in [0, 0.1) is 0 Å². The summed E-state index contributed by atoms with van der Waals surface area (Å²) in [5.41, 5.74) is 4.35. The fraction of sp³-hybridized carbons (Fsp3) is 0.182. The zero-order valence-electron chi connectivity index (χ0n) is 14.3. The minimum Gasteiger partial charge on any atom is -0.289 e. The van der Waals surface area contributed by atoms with Gasteiger partial charge in [-0.1, -0.05) is 75.4 Å². The van der Waals surface area contributed by atoms with Crippen LogP contribution in [0.5, 0.6) is 0 Å². The minimum atomic E-state index is 0.0247. The highest BCUT2D eigenvalue weighted by Gasteiger charge is 2.17. The average Bonchev–Trinajstić information content (AvgIpc) is 2.61. The number of aromatic nitrogens is 1.